The highest BCUT2D eigenvalue weighted by Gasteiger charge is 2.39. The van der Waals surface area contributed by atoms with Crippen molar-refractivity contribution in [3.05, 3.63) is 71.8 Å². The normalized spacial score (nSPS) is 16.1. The maximum absolute atomic E-state index is 14.1. The zero-order valence-corrected chi connectivity index (χ0v) is 27.3. The second-order valence-corrected chi connectivity index (χ2v) is 13.9. The molecule has 1 fully saturated rings. The molecular formula is C31H46N7O8P. The summed E-state index contributed by atoms with van der Waals surface area (Å²) in [5.74, 6) is -3.47. The van der Waals surface area contributed by atoms with E-state index < -0.39 is 55.9 Å². The van der Waals surface area contributed by atoms with Gasteiger partial charge in [-0.2, -0.15) is 0 Å². The number of guanidine groups is 1. The van der Waals surface area contributed by atoms with E-state index in [0.29, 0.717) is 38.8 Å². The molecule has 1 aliphatic rings. The van der Waals surface area contributed by atoms with Gasteiger partial charge in [0.2, 0.25) is 11.8 Å². The van der Waals surface area contributed by atoms with Gasteiger partial charge < -0.3 is 46.9 Å². The Morgan fingerprint density at radius 1 is 1.00 bits per heavy atom. The lowest BCUT2D eigenvalue weighted by Gasteiger charge is -2.30. The van der Waals surface area contributed by atoms with E-state index in [1.807, 2.05) is 60.7 Å². The van der Waals surface area contributed by atoms with Crippen LogP contribution >= 0.6 is 7.29 Å². The number of aliphatic carboxylic acids is 2. The van der Waals surface area contributed by atoms with Crippen molar-refractivity contribution in [3.8, 4) is 0 Å². The highest BCUT2D eigenvalue weighted by atomic mass is 31.2. The van der Waals surface area contributed by atoms with Gasteiger partial charge in [-0.3, -0.25) is 24.9 Å². The van der Waals surface area contributed by atoms with Crippen molar-refractivity contribution >= 4 is 37.0 Å². The molecule has 3 rings (SSSR count). The van der Waals surface area contributed by atoms with Crippen LogP contribution in [0, 0.1) is 5.41 Å². The minimum atomic E-state index is -3.11. The average Bonchev–Trinajstić information content (AvgIpc) is 3.52. The Hall–Kier alpha value is -4.30. The maximum atomic E-state index is 14.1. The molecule has 4 unspecified atom stereocenters. The topological polar surface area (TPSA) is 261 Å². The highest BCUT2D eigenvalue weighted by Crippen LogP contribution is 2.49. The molecule has 15 nitrogen and oxygen atoms in total. The van der Waals surface area contributed by atoms with Crippen LogP contribution in [0.15, 0.2) is 60.7 Å². The molecule has 1 saturated heterocycles. The molecule has 1 aliphatic heterocycles. The molecule has 0 saturated carbocycles. The summed E-state index contributed by atoms with van der Waals surface area (Å²) in [5, 5.41) is 41.4. The lowest BCUT2D eigenvalue weighted by atomic mass is 10.1. The second kappa shape index (κ2) is 19.4. The van der Waals surface area contributed by atoms with E-state index in [9.17, 15) is 28.8 Å². The molecule has 2 aromatic rings. The van der Waals surface area contributed by atoms with Gasteiger partial charge in [-0.25, -0.2) is 4.79 Å². The molecule has 0 radical (unpaired) electrons. The average molecular weight is 676 g/mol. The Morgan fingerprint density at radius 3 is 2.02 bits per heavy atom. The van der Waals surface area contributed by atoms with Gasteiger partial charge >= 0.3 is 11.9 Å². The van der Waals surface area contributed by atoms with Crippen LogP contribution in [0.3, 0.4) is 0 Å². The van der Waals surface area contributed by atoms with Crippen molar-refractivity contribution in [1.82, 2.24) is 20.6 Å². The third-order valence-electron chi connectivity index (χ3n) is 7.32. The van der Waals surface area contributed by atoms with Crippen LogP contribution in [0.4, 0.5) is 0 Å². The number of nitrogens with two attached hydrogens (primary N) is 2. The van der Waals surface area contributed by atoms with E-state index in [4.69, 9.17) is 27.1 Å². The van der Waals surface area contributed by atoms with Gasteiger partial charge in [0.05, 0.1) is 12.6 Å². The number of likely N-dealkylation sites (tertiary alicyclic amines) is 1. The third-order valence-corrected chi connectivity index (χ3v) is 9.93. The molecule has 258 valence electrons. The van der Waals surface area contributed by atoms with Gasteiger partial charge in [0.25, 0.3) is 0 Å². The summed E-state index contributed by atoms with van der Waals surface area (Å²) in [6, 6.07) is 14.9. The van der Waals surface area contributed by atoms with Crippen molar-refractivity contribution in [3.63, 3.8) is 0 Å². The van der Waals surface area contributed by atoms with Crippen LogP contribution in [0.5, 0.6) is 0 Å². The first-order valence-electron chi connectivity index (χ1n) is 15.2. The monoisotopic (exact) mass is 675 g/mol. The molecule has 0 aromatic heterocycles. The molecule has 11 N–H and O–H groups in total. The van der Waals surface area contributed by atoms with Gasteiger partial charge in [0.15, 0.2) is 13.3 Å². The van der Waals surface area contributed by atoms with Crippen LogP contribution in [0.1, 0.15) is 43.7 Å². The number of hydrogen-bond acceptors (Lipinski definition) is 8. The largest absolute Gasteiger partial charge is 0.480 e. The fourth-order valence-corrected chi connectivity index (χ4v) is 7.70. The van der Waals surface area contributed by atoms with E-state index in [-0.39, 0.29) is 24.2 Å². The summed E-state index contributed by atoms with van der Waals surface area (Å²) >= 11 is 0. The van der Waals surface area contributed by atoms with Gasteiger partial charge in [-0.15, -0.1) is 0 Å². The minimum Gasteiger partial charge on any atom is -0.480 e. The zero-order valence-electron chi connectivity index (χ0n) is 26.4. The first-order valence-corrected chi connectivity index (χ1v) is 17.3. The Labute approximate surface area is 274 Å². The number of carboxylic acid groups (broad SMARTS) is 2. The first-order chi connectivity index (χ1) is 22.3. The minimum absolute atomic E-state index is 0.112. The van der Waals surface area contributed by atoms with E-state index in [2.05, 4.69) is 15.7 Å². The van der Waals surface area contributed by atoms with Gasteiger partial charge in [-0.1, -0.05) is 60.7 Å². The number of benzene rings is 2. The van der Waals surface area contributed by atoms with Gasteiger partial charge in [-0.05, 0) is 43.7 Å². The Morgan fingerprint density at radius 2 is 1.55 bits per heavy atom. The summed E-state index contributed by atoms with van der Waals surface area (Å²) in [5.41, 5.74) is 12.0. The number of amides is 2. The Balaban J connectivity index is 0.000000544. The molecule has 1 heterocycles. The van der Waals surface area contributed by atoms with Gasteiger partial charge in [0.1, 0.15) is 18.1 Å². The molecule has 0 aliphatic carbocycles. The molecule has 2 aromatic carbocycles. The molecule has 16 heteroatoms. The van der Waals surface area contributed by atoms with Gasteiger partial charge in [0, 0.05) is 25.4 Å². The lowest BCUT2D eigenvalue weighted by molar-refractivity contribution is -0.145. The Kier molecular flexibility index (Phi) is 16.0. The summed E-state index contributed by atoms with van der Waals surface area (Å²) in [4.78, 5) is 48.8. The number of carbonyl (C=O) groups is 4. The fraction of sp³-hybridized carbons (Fsp3) is 0.452. The number of carboxylic acids is 2. The van der Waals surface area contributed by atoms with Crippen molar-refractivity contribution in [1.29, 1.82) is 5.41 Å². The standard InChI is InChI=1S/C25H32N3O6P.C6H14N4O2/c1-18(24(31)28-14-8-13-22(28)23(30)26-21(15-29)25(32)33)27-35(34,16-19-9-4-2-5-10-19)17-20-11-6-3-7-12-20;7-4(5(11)12)2-1-3-10-6(8)9/h2-7,9-12,18,21-22,29H,8,13-17H2,1H3,(H,26,30)(H,27,34)(H,32,33);4H,1-3,7H2,(H,11,12)(H4,8,9,10). The number of rotatable bonds is 16. The molecule has 0 spiro atoms. The molecule has 2 amide bonds. The zero-order chi connectivity index (χ0) is 35.0. The third kappa shape index (κ3) is 13.5. The SMILES string of the molecule is CC(NP(=O)(Cc1ccccc1)Cc1ccccc1)C(=O)N1CCCC1C(=O)NC(CO)C(=O)O.N=C(N)NCCCC(N)C(=O)O. The lowest BCUT2D eigenvalue weighted by Crippen LogP contribution is -2.54. The molecule has 47 heavy (non-hydrogen) atoms. The number of aliphatic hydroxyl groups excluding tert-OH is 1. The van der Waals surface area contributed by atoms with Crippen LogP contribution in [-0.2, 0) is 36.1 Å². The van der Waals surface area contributed by atoms with Crippen LogP contribution in [-0.4, -0.2) is 93.8 Å². The maximum Gasteiger partial charge on any atom is 0.328 e. The number of aliphatic hydroxyl groups is 1. The number of nitrogens with one attached hydrogen (secondary N) is 4. The highest BCUT2D eigenvalue weighted by molar-refractivity contribution is 7.60. The van der Waals surface area contributed by atoms with Crippen molar-refractivity contribution < 1.29 is 39.1 Å². The van der Waals surface area contributed by atoms with Crippen molar-refractivity contribution in [2.75, 3.05) is 19.7 Å². The number of hydrogen-bond donors (Lipinski definition) is 9. The summed E-state index contributed by atoms with van der Waals surface area (Å²) in [7, 11) is -3.11. The summed E-state index contributed by atoms with van der Waals surface area (Å²) in [6.07, 6.45) is 2.47. The first kappa shape index (κ1) is 38.9. The van der Waals surface area contributed by atoms with E-state index in [1.54, 1.807) is 6.92 Å². The molecule has 0 bridgehead atoms. The van der Waals surface area contributed by atoms with Crippen molar-refractivity contribution in [2.45, 2.75) is 69.1 Å². The fourth-order valence-electron chi connectivity index (χ4n) is 4.99. The van der Waals surface area contributed by atoms with E-state index in [1.165, 1.54) is 4.90 Å². The predicted octanol–water partition coefficient (Wildman–Crippen LogP) is 0.857. The van der Waals surface area contributed by atoms with Crippen LogP contribution in [0.2, 0.25) is 0 Å². The van der Waals surface area contributed by atoms with Crippen molar-refractivity contribution in [2.24, 2.45) is 11.5 Å². The smallest absolute Gasteiger partial charge is 0.328 e. The Bertz CT molecular complexity index is 1340. The van der Waals surface area contributed by atoms with Crippen LogP contribution in [0.25, 0.3) is 0 Å². The predicted molar refractivity (Wildman–Crippen MR) is 177 cm³/mol. The summed E-state index contributed by atoms with van der Waals surface area (Å²) in [6.45, 7) is 1.70. The number of carbonyl (C=O) groups excluding carboxylic acids is 2. The summed E-state index contributed by atoms with van der Waals surface area (Å²) < 4.78 is 14.1. The van der Waals surface area contributed by atoms with E-state index >= 15 is 0 Å². The second-order valence-electron chi connectivity index (χ2n) is 11.2. The van der Waals surface area contributed by atoms with Crippen LogP contribution < -0.4 is 27.2 Å². The van der Waals surface area contributed by atoms with E-state index in [0.717, 1.165) is 11.1 Å². The number of nitrogens with zero attached hydrogens (tertiary/aromatic N) is 1. The quantitative estimate of drug-likeness (QED) is 0.0519. The molecule has 4 atom stereocenters. The molecular weight excluding hydrogens is 629 g/mol.